The number of hydrogen-bond acceptors (Lipinski definition) is 3. The lowest BCUT2D eigenvalue weighted by Crippen LogP contribution is -1.99. The summed E-state index contributed by atoms with van der Waals surface area (Å²) in [5.74, 6) is 0.823. The van der Waals surface area contributed by atoms with Crippen LogP contribution in [-0.4, -0.2) is 9.54 Å². The van der Waals surface area contributed by atoms with E-state index >= 15 is 0 Å². The summed E-state index contributed by atoms with van der Waals surface area (Å²) in [7, 11) is 0. The van der Waals surface area contributed by atoms with Crippen LogP contribution in [0.3, 0.4) is 0 Å². The minimum Gasteiger partial charge on any atom is -0.358 e. The van der Waals surface area contributed by atoms with Gasteiger partial charge in [0, 0.05) is 21.0 Å². The van der Waals surface area contributed by atoms with Crippen molar-refractivity contribution in [2.75, 3.05) is 9.87 Å². The predicted molar refractivity (Wildman–Crippen MR) is 53.8 cm³/mol. The molecular formula is C6H5ClIN3. The van der Waals surface area contributed by atoms with Crippen molar-refractivity contribution < 1.29 is 0 Å². The maximum Gasteiger partial charge on any atom is 0.154 e. The first-order valence-electron chi connectivity index (χ1n) is 3.06. The van der Waals surface area contributed by atoms with Gasteiger partial charge in [0.05, 0.1) is 4.55 Å². The molecule has 0 amide bonds. The molecule has 5 heteroatoms. The molecule has 0 saturated heterocycles. The van der Waals surface area contributed by atoms with Crippen molar-refractivity contribution in [2.45, 2.75) is 0 Å². The van der Waals surface area contributed by atoms with Gasteiger partial charge in [0.2, 0.25) is 0 Å². The molecule has 58 valence electrons. The Morgan fingerprint density at radius 2 is 2.45 bits per heavy atom. The number of fused-ring (bicyclic) bond motifs is 1. The SMILES string of the molecule is Clc1ccc2c(n1)NCI=N2. The molecule has 2 rings (SSSR count). The van der Waals surface area contributed by atoms with Gasteiger partial charge < -0.3 is 5.32 Å². The first-order valence-corrected chi connectivity index (χ1v) is 5.93. The van der Waals surface area contributed by atoms with Gasteiger partial charge in [-0.1, -0.05) is 11.6 Å². The zero-order chi connectivity index (χ0) is 7.68. The highest BCUT2D eigenvalue weighted by atomic mass is 127. The number of halogens is 2. The Labute approximate surface area is 79.3 Å². The van der Waals surface area contributed by atoms with Crippen LogP contribution in [0.1, 0.15) is 0 Å². The molecule has 0 atom stereocenters. The number of hydrogen-bond donors (Lipinski definition) is 1. The summed E-state index contributed by atoms with van der Waals surface area (Å²) in [5, 5.41) is 3.68. The predicted octanol–water partition coefficient (Wildman–Crippen LogP) is 2.90. The molecule has 0 radical (unpaired) electrons. The summed E-state index contributed by atoms with van der Waals surface area (Å²) in [6.45, 7) is 0. The van der Waals surface area contributed by atoms with Crippen LogP contribution in [0.25, 0.3) is 0 Å². The number of nitrogens with zero attached hydrogens (tertiary/aromatic N) is 2. The topological polar surface area (TPSA) is 37.3 Å². The molecule has 1 aromatic rings. The van der Waals surface area contributed by atoms with Crippen molar-refractivity contribution in [3.8, 4) is 0 Å². The van der Waals surface area contributed by atoms with Gasteiger partial charge in [-0.15, -0.1) is 0 Å². The van der Waals surface area contributed by atoms with Crippen molar-refractivity contribution >= 4 is 44.1 Å². The third-order valence-corrected chi connectivity index (χ3v) is 3.08. The van der Waals surface area contributed by atoms with Gasteiger partial charge in [-0.2, -0.15) is 0 Å². The Morgan fingerprint density at radius 3 is 3.36 bits per heavy atom. The van der Waals surface area contributed by atoms with E-state index in [4.69, 9.17) is 11.6 Å². The summed E-state index contributed by atoms with van der Waals surface area (Å²) in [6, 6.07) is 3.66. The first kappa shape index (κ1) is 7.42. The molecule has 1 N–H and O–H groups in total. The fourth-order valence-electron chi connectivity index (χ4n) is 0.814. The molecule has 1 aliphatic heterocycles. The molecule has 1 aliphatic rings. The summed E-state index contributed by atoms with van der Waals surface area (Å²) < 4.78 is 5.32. The number of nitrogens with one attached hydrogen (secondary N) is 1. The summed E-state index contributed by atoms with van der Waals surface area (Å²) in [4.78, 5) is 4.09. The number of aromatic nitrogens is 1. The van der Waals surface area contributed by atoms with Crippen LogP contribution >= 0.6 is 32.6 Å². The minimum atomic E-state index is -0.0534. The normalized spacial score (nSPS) is 14.6. The third-order valence-electron chi connectivity index (χ3n) is 1.28. The Morgan fingerprint density at radius 1 is 1.55 bits per heavy atom. The Bertz CT molecular complexity index is 313. The molecule has 0 fully saturated rings. The average Bonchev–Trinajstić information content (AvgIpc) is 2.04. The first-order chi connectivity index (χ1) is 5.36. The minimum absolute atomic E-state index is 0.0534. The number of alkyl halides is 1. The third kappa shape index (κ3) is 1.51. The monoisotopic (exact) mass is 281 g/mol. The van der Waals surface area contributed by atoms with Gasteiger partial charge in [-0.25, -0.2) is 8.13 Å². The smallest absolute Gasteiger partial charge is 0.154 e. The van der Waals surface area contributed by atoms with Gasteiger partial charge in [-0.3, -0.25) is 0 Å². The Balaban J connectivity index is 2.53. The summed E-state index contributed by atoms with van der Waals surface area (Å²) in [6.07, 6.45) is 0. The fourth-order valence-corrected chi connectivity index (χ4v) is 2.42. The van der Waals surface area contributed by atoms with Gasteiger partial charge in [0.15, 0.2) is 5.82 Å². The number of pyridine rings is 1. The largest absolute Gasteiger partial charge is 0.358 e. The second-order valence-electron chi connectivity index (χ2n) is 2.02. The van der Waals surface area contributed by atoms with Crippen molar-refractivity contribution in [1.29, 1.82) is 0 Å². The lowest BCUT2D eigenvalue weighted by atomic mass is 10.4. The maximum absolute atomic E-state index is 5.69. The molecule has 0 aliphatic carbocycles. The van der Waals surface area contributed by atoms with Gasteiger partial charge >= 0.3 is 0 Å². The van der Waals surface area contributed by atoms with Crippen LogP contribution in [0.2, 0.25) is 5.15 Å². The lowest BCUT2D eigenvalue weighted by molar-refractivity contribution is 1.27. The van der Waals surface area contributed by atoms with Gasteiger partial charge in [0.1, 0.15) is 10.8 Å². The average molecular weight is 281 g/mol. The van der Waals surface area contributed by atoms with E-state index in [-0.39, 0.29) is 21.0 Å². The van der Waals surface area contributed by atoms with Crippen LogP contribution < -0.4 is 5.32 Å². The second kappa shape index (κ2) is 3.02. The van der Waals surface area contributed by atoms with E-state index in [1.54, 1.807) is 6.07 Å². The van der Waals surface area contributed by atoms with Crippen LogP contribution in [0.4, 0.5) is 11.5 Å². The van der Waals surface area contributed by atoms with Crippen molar-refractivity contribution in [3.63, 3.8) is 0 Å². The van der Waals surface area contributed by atoms with Crippen LogP contribution in [-0.2, 0) is 0 Å². The van der Waals surface area contributed by atoms with E-state index in [1.807, 2.05) is 6.07 Å². The molecule has 0 bridgehead atoms. The van der Waals surface area contributed by atoms with E-state index < -0.39 is 0 Å². The fraction of sp³-hybridized carbons (Fsp3) is 0.167. The summed E-state index contributed by atoms with van der Waals surface area (Å²) >= 11 is 5.64. The van der Waals surface area contributed by atoms with E-state index in [9.17, 15) is 0 Å². The van der Waals surface area contributed by atoms with E-state index in [2.05, 4.69) is 13.4 Å². The number of anilines is 1. The molecule has 0 aromatic carbocycles. The molecule has 11 heavy (non-hydrogen) atoms. The zero-order valence-electron chi connectivity index (χ0n) is 5.51. The Hall–Kier alpha value is -0.230. The quantitative estimate of drug-likeness (QED) is 0.344. The summed E-state index contributed by atoms with van der Waals surface area (Å²) in [5.41, 5.74) is 0.952. The van der Waals surface area contributed by atoms with E-state index in [0.29, 0.717) is 5.15 Å². The highest BCUT2D eigenvalue weighted by Gasteiger charge is 2.05. The molecule has 0 spiro atoms. The molecular weight excluding hydrogens is 276 g/mol. The van der Waals surface area contributed by atoms with Crippen molar-refractivity contribution in [2.24, 2.45) is 3.15 Å². The van der Waals surface area contributed by atoms with Crippen LogP contribution in [0.5, 0.6) is 0 Å². The molecule has 1 aromatic heterocycles. The molecule has 0 unspecified atom stereocenters. The Kier molecular flexibility index (Phi) is 2.04. The second-order valence-corrected chi connectivity index (χ2v) is 4.33. The van der Waals surface area contributed by atoms with E-state index in [0.717, 1.165) is 16.1 Å². The lowest BCUT2D eigenvalue weighted by Gasteiger charge is -2.09. The molecule has 3 nitrogen and oxygen atoms in total. The molecule has 2 heterocycles. The van der Waals surface area contributed by atoms with Crippen molar-refractivity contribution in [3.05, 3.63) is 17.3 Å². The highest BCUT2D eigenvalue weighted by molar-refractivity contribution is 14.2. The van der Waals surface area contributed by atoms with E-state index in [1.165, 1.54) is 0 Å². The highest BCUT2D eigenvalue weighted by Crippen LogP contribution is 2.31. The number of rotatable bonds is 0. The van der Waals surface area contributed by atoms with Gasteiger partial charge in [0.25, 0.3) is 0 Å². The standard InChI is InChI=1S/C6H5ClIN3/c7-5-2-1-4-6(10-5)9-3-8-11-4/h1-2H,3H2,(H,9,10). The van der Waals surface area contributed by atoms with Gasteiger partial charge in [-0.05, 0) is 12.1 Å². The van der Waals surface area contributed by atoms with Crippen LogP contribution in [0.15, 0.2) is 15.3 Å². The molecule has 0 saturated carbocycles. The maximum atomic E-state index is 5.69. The zero-order valence-corrected chi connectivity index (χ0v) is 8.43. The van der Waals surface area contributed by atoms with Crippen LogP contribution in [0, 0.1) is 0 Å². The van der Waals surface area contributed by atoms with Crippen molar-refractivity contribution in [1.82, 2.24) is 4.98 Å².